The second-order valence-electron chi connectivity index (χ2n) is 4.36. The summed E-state index contributed by atoms with van der Waals surface area (Å²) in [7, 11) is -14.0. The normalized spacial score (nSPS) is 11.9. The van der Waals surface area contributed by atoms with E-state index in [1.807, 2.05) is 0 Å². The number of benzene rings is 2. The van der Waals surface area contributed by atoms with Crippen LogP contribution in [-0.2, 0) is 30.1 Å². The van der Waals surface area contributed by atoms with Crippen LogP contribution in [0.4, 0.5) is 0 Å². The molecule has 25 heavy (non-hydrogen) atoms. The van der Waals surface area contributed by atoms with Gasteiger partial charge in [0, 0.05) is 51.4 Å². The van der Waals surface area contributed by atoms with Gasteiger partial charge in [0.25, 0.3) is 0 Å². The Labute approximate surface area is 230 Å². The van der Waals surface area contributed by atoms with E-state index in [9.17, 15) is 34.4 Å². The van der Waals surface area contributed by atoms with Crippen molar-refractivity contribution >= 4 is 81.5 Å². The molecule has 2 aromatic rings. The third-order valence-electron chi connectivity index (χ3n) is 2.81. The van der Waals surface area contributed by atoms with Crippen molar-refractivity contribution in [2.24, 2.45) is 0 Å². The Morgan fingerprint density at radius 1 is 0.600 bits per heavy atom. The van der Waals surface area contributed by atoms with Crippen molar-refractivity contribution in [3.8, 4) is 0 Å². The number of hydrogen-bond donors (Lipinski definition) is 0. The van der Waals surface area contributed by atoms with Gasteiger partial charge >= 0.3 is 51.4 Å². The summed E-state index contributed by atoms with van der Waals surface area (Å²) in [6.45, 7) is 0. The molecule has 125 valence electrons. The van der Waals surface area contributed by atoms with Gasteiger partial charge in [-0.15, -0.1) is 0 Å². The quantitative estimate of drug-likeness (QED) is 0.349. The standard InChI is InChI=1S/C12H10O8S3.2K/c13-21(14,9-3-1-5-11(7-9)22(15,16)17)10-4-2-6-12(8-10)23(18,19)20;;/h1-8H,(H,15,16,17)(H,18,19,20);;/q;;+1/p-2. The molecule has 8 nitrogen and oxygen atoms in total. The average molecular weight is 455 g/mol. The maximum Gasteiger partial charge on any atom is 1.00 e. The summed E-state index contributed by atoms with van der Waals surface area (Å²) >= 11 is 0. The smallest absolute Gasteiger partial charge is 0.744 e. The largest absolute Gasteiger partial charge is 1.00 e. The first-order valence-corrected chi connectivity index (χ1v) is 10.1. The molecule has 0 aliphatic carbocycles. The molecule has 0 atom stereocenters. The Kier molecular flexibility index (Phi) is 10.4. The van der Waals surface area contributed by atoms with Crippen LogP contribution in [0.5, 0.6) is 0 Å². The minimum Gasteiger partial charge on any atom is -0.744 e. The third-order valence-corrected chi connectivity index (χ3v) is 6.22. The Hall–Kier alpha value is 1.48. The molecular formula is C12H8K2O8S3-. The summed E-state index contributed by atoms with van der Waals surface area (Å²) in [5.41, 5.74) is 0. The molecule has 0 heterocycles. The molecule has 0 saturated heterocycles. The molecule has 0 fully saturated rings. The maximum absolute atomic E-state index is 12.4. The van der Waals surface area contributed by atoms with Gasteiger partial charge in [-0.2, -0.15) is 0 Å². The van der Waals surface area contributed by atoms with E-state index in [1.165, 1.54) is 0 Å². The molecule has 2 aromatic carbocycles. The van der Waals surface area contributed by atoms with Crippen molar-refractivity contribution in [2.75, 3.05) is 0 Å². The van der Waals surface area contributed by atoms with Gasteiger partial charge in [0.05, 0.1) is 19.6 Å². The fourth-order valence-corrected chi connectivity index (χ4v) is 4.26. The molecule has 0 aliphatic rings. The molecule has 0 amide bonds. The zero-order valence-corrected chi connectivity index (χ0v) is 21.8. The van der Waals surface area contributed by atoms with Crippen molar-refractivity contribution in [3.63, 3.8) is 0 Å². The molecule has 0 saturated carbocycles. The van der Waals surface area contributed by atoms with Gasteiger partial charge in [-0.25, -0.2) is 25.3 Å². The molecule has 0 bridgehead atoms. The maximum atomic E-state index is 12.4. The van der Waals surface area contributed by atoms with Gasteiger partial charge in [0.15, 0.2) is 0 Å². The number of rotatable bonds is 4. The Morgan fingerprint density at radius 3 is 1.16 bits per heavy atom. The van der Waals surface area contributed by atoms with Crippen molar-refractivity contribution in [1.82, 2.24) is 0 Å². The van der Waals surface area contributed by atoms with Gasteiger partial charge in [0.1, 0.15) is 20.2 Å². The molecule has 2 rings (SSSR count). The van der Waals surface area contributed by atoms with Crippen LogP contribution < -0.4 is 51.4 Å². The average Bonchev–Trinajstić information content (AvgIpc) is 2.46. The van der Waals surface area contributed by atoms with E-state index in [0.29, 0.717) is 12.1 Å². The molecule has 0 aliphatic heterocycles. The second kappa shape index (κ2) is 9.80. The molecule has 0 aromatic heterocycles. The third kappa shape index (κ3) is 6.79. The summed E-state index contributed by atoms with van der Waals surface area (Å²) in [6.07, 6.45) is 0. The van der Waals surface area contributed by atoms with Gasteiger partial charge in [0.2, 0.25) is 9.84 Å². The van der Waals surface area contributed by atoms with E-state index in [2.05, 4.69) is 0 Å². The first kappa shape index (κ1) is 26.5. The van der Waals surface area contributed by atoms with Gasteiger partial charge in [-0.1, -0.05) is 12.1 Å². The number of hydrogen-bond acceptors (Lipinski definition) is 8. The fraction of sp³-hybridized carbons (Fsp3) is 0. The van der Waals surface area contributed by atoms with Crippen LogP contribution in [0, 0.1) is 0 Å². The Morgan fingerprint density at radius 2 is 0.880 bits per heavy atom. The minimum absolute atomic E-state index is 0. The molecular weight excluding hydrogens is 447 g/mol. The SMILES string of the molecule is O=S(=O)([O-])c1cccc(S(=O)(=O)c2cccc(S(=O)(=O)[O-])c2)c1.[K+].[K]. The van der Waals surface area contributed by atoms with Crippen LogP contribution in [0.15, 0.2) is 68.1 Å². The van der Waals surface area contributed by atoms with E-state index in [4.69, 9.17) is 0 Å². The Bertz CT molecular complexity index is 995. The van der Waals surface area contributed by atoms with E-state index in [-0.39, 0.29) is 103 Å². The predicted octanol–water partition coefficient (Wildman–Crippen LogP) is -3.05. The first-order chi connectivity index (χ1) is 10.4. The van der Waals surface area contributed by atoms with Crippen LogP contribution in [0.25, 0.3) is 0 Å². The van der Waals surface area contributed by atoms with Gasteiger partial charge in [-0.05, 0) is 36.4 Å². The Balaban J connectivity index is 0.00000288. The van der Waals surface area contributed by atoms with E-state index in [1.54, 1.807) is 0 Å². The molecule has 1 radical (unpaired) electrons. The first-order valence-electron chi connectivity index (χ1n) is 5.79. The number of sulfone groups is 1. The van der Waals surface area contributed by atoms with Crippen molar-refractivity contribution in [2.45, 2.75) is 19.6 Å². The van der Waals surface area contributed by atoms with Crippen LogP contribution >= 0.6 is 0 Å². The van der Waals surface area contributed by atoms with Gasteiger partial charge < -0.3 is 9.11 Å². The summed E-state index contributed by atoms with van der Waals surface area (Å²) in [4.78, 5) is -2.53. The molecule has 0 spiro atoms. The topological polar surface area (TPSA) is 149 Å². The van der Waals surface area contributed by atoms with E-state index < -0.39 is 49.7 Å². The summed E-state index contributed by atoms with van der Waals surface area (Å²) in [5.74, 6) is 0. The van der Waals surface area contributed by atoms with Crippen LogP contribution in [0.1, 0.15) is 0 Å². The van der Waals surface area contributed by atoms with Gasteiger partial charge in [-0.3, -0.25) is 0 Å². The zero-order valence-electron chi connectivity index (χ0n) is 13.1. The van der Waals surface area contributed by atoms with Crippen molar-refractivity contribution < 1.29 is 85.7 Å². The van der Waals surface area contributed by atoms with Crippen molar-refractivity contribution in [1.29, 1.82) is 0 Å². The van der Waals surface area contributed by atoms with E-state index in [0.717, 1.165) is 36.4 Å². The summed E-state index contributed by atoms with van der Waals surface area (Å²) in [6, 6.07) is 7.40. The van der Waals surface area contributed by atoms with E-state index >= 15 is 0 Å². The van der Waals surface area contributed by atoms with Crippen molar-refractivity contribution in [3.05, 3.63) is 48.5 Å². The fourth-order valence-electron chi connectivity index (χ4n) is 1.73. The monoisotopic (exact) mass is 454 g/mol. The van der Waals surface area contributed by atoms with Crippen LogP contribution in [0.3, 0.4) is 0 Å². The molecule has 0 unspecified atom stereocenters. The van der Waals surface area contributed by atoms with Crippen LogP contribution in [0.2, 0.25) is 0 Å². The molecule has 0 N–H and O–H groups in total. The summed E-state index contributed by atoms with van der Waals surface area (Å²) in [5, 5.41) is 0. The predicted molar refractivity (Wildman–Crippen MR) is 80.0 cm³/mol. The zero-order chi connectivity index (χ0) is 17.5. The minimum atomic E-state index is -4.86. The molecule has 13 heteroatoms. The van der Waals surface area contributed by atoms with Crippen LogP contribution in [-0.4, -0.2) is 85.7 Å². The summed E-state index contributed by atoms with van der Waals surface area (Å²) < 4.78 is 90.6. The second-order valence-corrected chi connectivity index (χ2v) is 9.07.